The van der Waals surface area contributed by atoms with Crippen molar-refractivity contribution in [3.05, 3.63) is 30.7 Å². The van der Waals surface area contributed by atoms with E-state index in [9.17, 15) is 0 Å². The van der Waals surface area contributed by atoms with Crippen molar-refractivity contribution in [3.8, 4) is 11.6 Å². The van der Waals surface area contributed by atoms with Crippen molar-refractivity contribution >= 4 is 22.9 Å². The first-order valence-electron chi connectivity index (χ1n) is 5.42. The SMILES string of the molecule is COc1c(N(C)C(C)=S)cnn1-c1cccnc1. The van der Waals surface area contributed by atoms with Crippen LogP contribution in [0.2, 0.25) is 0 Å². The van der Waals surface area contributed by atoms with Crippen LogP contribution in [0.5, 0.6) is 5.88 Å². The van der Waals surface area contributed by atoms with Crippen LogP contribution in [-0.2, 0) is 0 Å². The van der Waals surface area contributed by atoms with Gasteiger partial charge in [0.15, 0.2) is 0 Å². The van der Waals surface area contributed by atoms with Crippen LogP contribution in [0.25, 0.3) is 5.69 Å². The van der Waals surface area contributed by atoms with Crippen molar-refractivity contribution in [1.82, 2.24) is 14.8 Å². The van der Waals surface area contributed by atoms with E-state index in [4.69, 9.17) is 17.0 Å². The minimum atomic E-state index is 0.634. The molecule has 18 heavy (non-hydrogen) atoms. The van der Waals surface area contributed by atoms with Crippen LogP contribution in [0.15, 0.2) is 30.7 Å². The maximum absolute atomic E-state index is 5.41. The molecule has 2 heterocycles. The van der Waals surface area contributed by atoms with E-state index in [1.165, 1.54) is 0 Å². The number of thiocarbonyl (C=S) groups is 1. The number of pyridine rings is 1. The molecule has 0 N–H and O–H groups in total. The fraction of sp³-hybridized carbons (Fsp3) is 0.250. The van der Waals surface area contributed by atoms with Gasteiger partial charge in [-0.3, -0.25) is 4.98 Å². The zero-order chi connectivity index (χ0) is 13.1. The van der Waals surface area contributed by atoms with E-state index in [-0.39, 0.29) is 0 Å². The molecule has 0 aliphatic rings. The Kier molecular flexibility index (Phi) is 3.57. The van der Waals surface area contributed by atoms with Crippen LogP contribution in [0, 0.1) is 0 Å². The molecule has 2 aromatic heterocycles. The predicted molar refractivity (Wildman–Crippen MR) is 74.6 cm³/mol. The first kappa shape index (κ1) is 12.5. The van der Waals surface area contributed by atoms with Crippen molar-refractivity contribution in [2.45, 2.75) is 6.92 Å². The lowest BCUT2D eigenvalue weighted by Gasteiger charge is -2.17. The van der Waals surface area contributed by atoms with Gasteiger partial charge in [0.2, 0.25) is 5.88 Å². The Morgan fingerprint density at radius 2 is 2.22 bits per heavy atom. The van der Waals surface area contributed by atoms with Crippen molar-refractivity contribution in [2.75, 3.05) is 19.1 Å². The topological polar surface area (TPSA) is 43.2 Å². The fourth-order valence-electron chi connectivity index (χ4n) is 1.58. The molecule has 94 valence electrons. The quantitative estimate of drug-likeness (QED) is 0.792. The van der Waals surface area contributed by atoms with E-state index in [2.05, 4.69) is 10.1 Å². The van der Waals surface area contributed by atoms with Gasteiger partial charge in [-0.2, -0.15) is 9.78 Å². The molecule has 0 atom stereocenters. The summed E-state index contributed by atoms with van der Waals surface area (Å²) in [5.41, 5.74) is 1.67. The molecule has 0 spiro atoms. The van der Waals surface area contributed by atoms with E-state index < -0.39 is 0 Å². The summed E-state index contributed by atoms with van der Waals surface area (Å²) in [6, 6.07) is 3.76. The molecule has 2 aromatic rings. The summed E-state index contributed by atoms with van der Waals surface area (Å²) in [4.78, 5) is 6.67. The number of anilines is 1. The van der Waals surface area contributed by atoms with Crippen molar-refractivity contribution in [3.63, 3.8) is 0 Å². The fourth-order valence-corrected chi connectivity index (χ4v) is 1.68. The van der Waals surface area contributed by atoms with Gasteiger partial charge in [-0.05, 0) is 19.1 Å². The minimum Gasteiger partial charge on any atom is -0.479 e. The maximum Gasteiger partial charge on any atom is 0.241 e. The van der Waals surface area contributed by atoms with E-state index in [0.29, 0.717) is 5.88 Å². The Morgan fingerprint density at radius 3 is 2.78 bits per heavy atom. The van der Waals surface area contributed by atoms with Crippen molar-refractivity contribution in [1.29, 1.82) is 0 Å². The number of hydrogen-bond donors (Lipinski definition) is 0. The third kappa shape index (κ3) is 2.19. The molecule has 0 aliphatic carbocycles. The highest BCUT2D eigenvalue weighted by atomic mass is 32.1. The monoisotopic (exact) mass is 262 g/mol. The lowest BCUT2D eigenvalue weighted by atomic mass is 10.4. The van der Waals surface area contributed by atoms with Gasteiger partial charge in [0.1, 0.15) is 5.69 Å². The summed E-state index contributed by atoms with van der Waals surface area (Å²) in [5, 5.41) is 4.31. The zero-order valence-corrected chi connectivity index (χ0v) is 11.3. The number of methoxy groups -OCH3 is 1. The van der Waals surface area contributed by atoms with Crippen molar-refractivity contribution in [2.24, 2.45) is 0 Å². The Bertz CT molecular complexity index is 552. The molecule has 5 nitrogen and oxygen atoms in total. The maximum atomic E-state index is 5.41. The lowest BCUT2D eigenvalue weighted by Crippen LogP contribution is -2.21. The molecule has 2 rings (SSSR count). The van der Waals surface area contributed by atoms with Crippen LogP contribution < -0.4 is 9.64 Å². The third-order valence-corrected chi connectivity index (χ3v) is 2.90. The molecule has 0 aliphatic heterocycles. The van der Waals surface area contributed by atoms with Gasteiger partial charge >= 0.3 is 0 Å². The second-order valence-corrected chi connectivity index (χ2v) is 4.33. The second-order valence-electron chi connectivity index (χ2n) is 3.74. The summed E-state index contributed by atoms with van der Waals surface area (Å²) < 4.78 is 7.11. The van der Waals surface area contributed by atoms with Crippen LogP contribution in [0.3, 0.4) is 0 Å². The Labute approximate surface area is 111 Å². The first-order chi connectivity index (χ1) is 8.65. The summed E-state index contributed by atoms with van der Waals surface area (Å²) >= 11 is 5.15. The molecule has 0 saturated carbocycles. The number of nitrogens with zero attached hydrogens (tertiary/aromatic N) is 4. The van der Waals surface area contributed by atoms with E-state index >= 15 is 0 Å². The zero-order valence-electron chi connectivity index (χ0n) is 10.5. The van der Waals surface area contributed by atoms with Crippen LogP contribution in [0.4, 0.5) is 5.69 Å². The van der Waals surface area contributed by atoms with Gasteiger partial charge in [0.05, 0.1) is 30.2 Å². The Morgan fingerprint density at radius 1 is 1.44 bits per heavy atom. The van der Waals surface area contributed by atoms with Crippen LogP contribution in [-0.4, -0.2) is 33.9 Å². The number of aromatic nitrogens is 3. The number of hydrogen-bond acceptors (Lipinski definition) is 4. The van der Waals surface area contributed by atoms with Gasteiger partial charge in [0.25, 0.3) is 0 Å². The summed E-state index contributed by atoms with van der Waals surface area (Å²) in [6.07, 6.45) is 5.17. The first-order valence-corrected chi connectivity index (χ1v) is 5.82. The molecular formula is C12H14N4OS. The average molecular weight is 262 g/mol. The summed E-state index contributed by atoms with van der Waals surface area (Å²) in [6.45, 7) is 1.86. The molecule has 0 aromatic carbocycles. The van der Waals surface area contributed by atoms with Gasteiger partial charge in [-0.1, -0.05) is 12.2 Å². The molecule has 0 unspecified atom stereocenters. The third-order valence-electron chi connectivity index (χ3n) is 2.62. The van der Waals surface area contributed by atoms with E-state index in [0.717, 1.165) is 16.4 Å². The second kappa shape index (κ2) is 5.14. The highest BCUT2D eigenvalue weighted by molar-refractivity contribution is 7.80. The number of rotatable bonds is 3. The molecular weight excluding hydrogens is 248 g/mol. The number of ether oxygens (including phenoxy) is 1. The molecule has 0 fully saturated rings. The Hall–Kier alpha value is -1.95. The van der Waals surface area contributed by atoms with Gasteiger partial charge in [-0.25, -0.2) is 0 Å². The summed E-state index contributed by atoms with van der Waals surface area (Å²) in [5.74, 6) is 0.634. The van der Waals surface area contributed by atoms with Crippen LogP contribution in [0.1, 0.15) is 6.92 Å². The highest BCUT2D eigenvalue weighted by Crippen LogP contribution is 2.29. The standard InChI is InChI=1S/C12H14N4OS/c1-9(18)15(2)11-8-14-16(12(11)17-3)10-5-4-6-13-7-10/h4-8H,1-3H3. The molecule has 0 radical (unpaired) electrons. The van der Waals surface area contributed by atoms with Crippen LogP contribution >= 0.6 is 12.2 Å². The molecule has 6 heteroatoms. The smallest absolute Gasteiger partial charge is 0.241 e. The average Bonchev–Trinajstić information content (AvgIpc) is 2.82. The minimum absolute atomic E-state index is 0.634. The summed E-state index contributed by atoms with van der Waals surface area (Å²) in [7, 11) is 3.50. The predicted octanol–water partition coefficient (Wildman–Crippen LogP) is 2.06. The largest absolute Gasteiger partial charge is 0.479 e. The van der Waals surface area contributed by atoms with E-state index in [1.807, 2.05) is 31.0 Å². The molecule has 0 saturated heterocycles. The Balaban J connectivity index is 2.49. The lowest BCUT2D eigenvalue weighted by molar-refractivity contribution is 0.384. The normalized spacial score (nSPS) is 10.2. The van der Waals surface area contributed by atoms with Gasteiger partial charge < -0.3 is 9.64 Å². The van der Waals surface area contributed by atoms with E-state index in [1.54, 1.807) is 30.4 Å². The van der Waals surface area contributed by atoms with Crippen molar-refractivity contribution < 1.29 is 4.74 Å². The van der Waals surface area contributed by atoms with Gasteiger partial charge in [-0.15, -0.1) is 0 Å². The molecule has 0 bridgehead atoms. The highest BCUT2D eigenvalue weighted by Gasteiger charge is 2.17. The van der Waals surface area contributed by atoms with Gasteiger partial charge in [0, 0.05) is 13.2 Å². The molecule has 0 amide bonds.